The third-order valence-corrected chi connectivity index (χ3v) is 3.67. The van der Waals surface area contributed by atoms with Crippen LogP contribution < -0.4 is 10.6 Å². The van der Waals surface area contributed by atoms with E-state index in [0.29, 0.717) is 0 Å². The smallest absolute Gasteiger partial charge is 0.332 e. The van der Waals surface area contributed by atoms with E-state index in [-0.39, 0.29) is 6.04 Å². The van der Waals surface area contributed by atoms with Crippen molar-refractivity contribution in [2.45, 2.75) is 44.8 Å². The number of nitrogens with one attached hydrogen (secondary N) is 2. The van der Waals surface area contributed by atoms with Gasteiger partial charge in [-0.25, -0.2) is 4.79 Å². The summed E-state index contributed by atoms with van der Waals surface area (Å²) < 4.78 is 36.1. The van der Waals surface area contributed by atoms with Crippen LogP contribution in [0.15, 0.2) is 18.2 Å². The average Bonchev–Trinajstić information content (AvgIpc) is 2.44. The van der Waals surface area contributed by atoms with Crippen LogP contribution >= 0.6 is 0 Å². The van der Waals surface area contributed by atoms with Crippen molar-refractivity contribution in [3.05, 3.63) is 34.9 Å². The highest BCUT2D eigenvalue weighted by Gasteiger charge is 2.28. The highest BCUT2D eigenvalue weighted by molar-refractivity contribution is 5.74. The van der Waals surface area contributed by atoms with E-state index in [1.165, 1.54) is 17.5 Å². The number of aryl methyl sites for hydroxylation is 2. The summed E-state index contributed by atoms with van der Waals surface area (Å²) in [6.45, 7) is 0.438. The average molecular weight is 300 g/mol. The van der Waals surface area contributed by atoms with E-state index in [4.69, 9.17) is 0 Å². The van der Waals surface area contributed by atoms with Gasteiger partial charge in [-0.1, -0.05) is 18.2 Å². The molecule has 2 rings (SSSR count). The molecule has 0 saturated carbocycles. The van der Waals surface area contributed by atoms with Gasteiger partial charge in [0.2, 0.25) is 0 Å². The molecule has 0 radical (unpaired) electrons. The molecule has 1 aliphatic carbocycles. The third kappa shape index (κ3) is 4.65. The molecule has 116 valence electrons. The van der Waals surface area contributed by atoms with Crippen LogP contribution in [0.4, 0.5) is 18.0 Å². The van der Waals surface area contributed by atoms with Crippen LogP contribution in [0.2, 0.25) is 0 Å². The summed E-state index contributed by atoms with van der Waals surface area (Å²) in [7, 11) is 0. The number of hydrogen-bond acceptors (Lipinski definition) is 1. The quantitative estimate of drug-likeness (QED) is 0.881. The van der Waals surface area contributed by atoms with Gasteiger partial charge in [-0.2, -0.15) is 13.2 Å². The van der Waals surface area contributed by atoms with Crippen LogP contribution in [-0.2, 0) is 12.8 Å². The van der Waals surface area contributed by atoms with Gasteiger partial charge in [-0.05, 0) is 49.3 Å². The number of urea groups is 1. The minimum Gasteiger partial charge on any atom is -0.332 e. The number of halogens is 3. The second kappa shape index (κ2) is 6.37. The highest BCUT2D eigenvalue weighted by Crippen LogP contribution is 2.24. The molecule has 2 N–H and O–H groups in total. The van der Waals surface area contributed by atoms with Crippen LogP contribution in [0.5, 0.6) is 0 Å². The topological polar surface area (TPSA) is 41.1 Å². The number of amides is 2. The molecular formula is C15H19F3N2O. The van der Waals surface area contributed by atoms with Crippen LogP contribution in [-0.4, -0.2) is 18.8 Å². The molecule has 0 aliphatic heterocycles. The van der Waals surface area contributed by atoms with Gasteiger partial charge < -0.3 is 10.6 Å². The first-order valence-electron chi connectivity index (χ1n) is 7.08. The van der Waals surface area contributed by atoms with Gasteiger partial charge in [0.25, 0.3) is 0 Å². The maximum Gasteiger partial charge on any atom is 0.405 e. The molecule has 0 saturated heterocycles. The Morgan fingerprint density at radius 1 is 1.24 bits per heavy atom. The van der Waals surface area contributed by atoms with E-state index in [1.54, 1.807) is 6.92 Å². The lowest BCUT2D eigenvalue weighted by atomic mass is 9.89. The Hall–Kier alpha value is -1.72. The summed E-state index contributed by atoms with van der Waals surface area (Å²) in [4.78, 5) is 11.4. The highest BCUT2D eigenvalue weighted by atomic mass is 19.4. The van der Waals surface area contributed by atoms with Gasteiger partial charge >= 0.3 is 12.2 Å². The van der Waals surface area contributed by atoms with Gasteiger partial charge in [-0.3, -0.25) is 0 Å². The normalized spacial score (nSPS) is 16.0. The van der Waals surface area contributed by atoms with E-state index in [2.05, 4.69) is 11.4 Å². The second-order valence-corrected chi connectivity index (χ2v) is 5.40. The van der Waals surface area contributed by atoms with Gasteiger partial charge in [0, 0.05) is 0 Å². The Kier molecular flexibility index (Phi) is 4.75. The maximum atomic E-state index is 12.0. The fourth-order valence-electron chi connectivity index (χ4n) is 2.53. The first kappa shape index (κ1) is 15.7. The molecule has 1 atom stereocenters. The SMILES string of the molecule is CC(NC(=O)NCC(F)(F)F)c1ccc2c(c1)CCCC2. The lowest BCUT2D eigenvalue weighted by molar-refractivity contribution is -0.122. The molecule has 0 fully saturated rings. The monoisotopic (exact) mass is 300 g/mol. The van der Waals surface area contributed by atoms with Crippen molar-refractivity contribution in [3.63, 3.8) is 0 Å². The fraction of sp³-hybridized carbons (Fsp3) is 0.533. The summed E-state index contributed by atoms with van der Waals surface area (Å²) in [5.41, 5.74) is 3.53. The van der Waals surface area contributed by atoms with Crippen molar-refractivity contribution < 1.29 is 18.0 Å². The van der Waals surface area contributed by atoms with Crippen molar-refractivity contribution in [2.24, 2.45) is 0 Å². The van der Waals surface area contributed by atoms with Crippen molar-refractivity contribution in [2.75, 3.05) is 6.54 Å². The molecular weight excluding hydrogens is 281 g/mol. The predicted molar refractivity (Wildman–Crippen MR) is 74.1 cm³/mol. The molecule has 1 aliphatic rings. The van der Waals surface area contributed by atoms with E-state index >= 15 is 0 Å². The summed E-state index contributed by atoms with van der Waals surface area (Å²) in [6.07, 6.45) is 0.0520. The van der Waals surface area contributed by atoms with Crippen molar-refractivity contribution >= 4 is 6.03 Å². The standard InChI is InChI=1S/C15H19F3N2O/c1-10(20-14(21)19-9-15(16,17)18)12-7-6-11-4-2-3-5-13(11)8-12/h6-8,10H,2-5,9H2,1H3,(H2,19,20,21). The minimum atomic E-state index is -4.40. The molecule has 0 bridgehead atoms. The van der Waals surface area contributed by atoms with Gasteiger partial charge in [-0.15, -0.1) is 0 Å². The van der Waals surface area contributed by atoms with Gasteiger partial charge in [0.1, 0.15) is 6.54 Å². The molecule has 6 heteroatoms. The summed E-state index contributed by atoms with van der Waals surface area (Å²) in [5, 5.41) is 4.34. The first-order valence-corrected chi connectivity index (χ1v) is 7.08. The van der Waals surface area contributed by atoms with Crippen molar-refractivity contribution in [1.29, 1.82) is 0 Å². The number of alkyl halides is 3. The summed E-state index contributed by atoms with van der Waals surface area (Å²) in [6, 6.07) is 4.89. The largest absolute Gasteiger partial charge is 0.405 e. The minimum absolute atomic E-state index is 0.328. The second-order valence-electron chi connectivity index (χ2n) is 5.40. The zero-order valence-electron chi connectivity index (χ0n) is 11.9. The summed E-state index contributed by atoms with van der Waals surface area (Å²) >= 11 is 0. The number of hydrogen-bond donors (Lipinski definition) is 2. The van der Waals surface area contributed by atoms with E-state index < -0.39 is 18.8 Å². The van der Waals surface area contributed by atoms with Crippen LogP contribution in [0.1, 0.15) is 42.5 Å². The Morgan fingerprint density at radius 2 is 1.90 bits per heavy atom. The third-order valence-electron chi connectivity index (χ3n) is 3.67. The number of fused-ring (bicyclic) bond motifs is 1. The predicted octanol–water partition coefficient (Wildman–Crippen LogP) is 3.49. The summed E-state index contributed by atoms with van der Waals surface area (Å²) in [5.74, 6) is 0. The van der Waals surface area contributed by atoms with Gasteiger partial charge in [0.05, 0.1) is 6.04 Å². The molecule has 21 heavy (non-hydrogen) atoms. The fourth-order valence-corrected chi connectivity index (χ4v) is 2.53. The van der Waals surface area contributed by atoms with E-state index in [0.717, 1.165) is 24.8 Å². The molecule has 0 aromatic heterocycles. The van der Waals surface area contributed by atoms with Crippen molar-refractivity contribution in [1.82, 2.24) is 10.6 Å². The Balaban J connectivity index is 1.94. The van der Waals surface area contributed by atoms with Crippen LogP contribution in [0.25, 0.3) is 0 Å². The van der Waals surface area contributed by atoms with E-state index in [9.17, 15) is 18.0 Å². The zero-order chi connectivity index (χ0) is 15.5. The molecule has 2 amide bonds. The molecule has 1 unspecified atom stereocenters. The molecule has 1 aromatic rings. The Labute approximate surface area is 121 Å². The number of carbonyl (C=O) groups excluding carboxylic acids is 1. The first-order chi connectivity index (χ1) is 9.85. The molecule has 0 heterocycles. The number of rotatable bonds is 3. The number of benzene rings is 1. The van der Waals surface area contributed by atoms with Crippen LogP contribution in [0.3, 0.4) is 0 Å². The van der Waals surface area contributed by atoms with Gasteiger partial charge in [0.15, 0.2) is 0 Å². The Morgan fingerprint density at radius 3 is 2.57 bits per heavy atom. The lowest BCUT2D eigenvalue weighted by Gasteiger charge is -2.20. The lowest BCUT2D eigenvalue weighted by Crippen LogP contribution is -2.41. The Bertz CT molecular complexity index is 514. The van der Waals surface area contributed by atoms with E-state index in [1.807, 2.05) is 17.4 Å². The molecule has 1 aromatic carbocycles. The molecule has 0 spiro atoms. The molecule has 3 nitrogen and oxygen atoms in total. The zero-order valence-corrected chi connectivity index (χ0v) is 11.9. The maximum absolute atomic E-state index is 12.0. The van der Waals surface area contributed by atoms with Crippen molar-refractivity contribution in [3.8, 4) is 0 Å². The van der Waals surface area contributed by atoms with Crippen LogP contribution in [0, 0.1) is 0 Å². The number of carbonyl (C=O) groups is 1.